The first kappa shape index (κ1) is 8.92. The summed E-state index contributed by atoms with van der Waals surface area (Å²) in [5.74, 6) is 0. The quantitative estimate of drug-likeness (QED) is 0.593. The van der Waals surface area contributed by atoms with E-state index in [0.29, 0.717) is 0 Å². The Balaban J connectivity index is 3.41. The topological polar surface area (TPSA) is 20.2 Å². The second-order valence-electron chi connectivity index (χ2n) is 1.95. The minimum atomic E-state index is -0.226. The maximum Gasteiger partial charge on any atom is 0.0749 e. The third-order valence-electron chi connectivity index (χ3n) is 1.37. The minimum absolute atomic E-state index is 0.203. The number of rotatable bonds is 4. The van der Waals surface area contributed by atoms with Crippen LogP contribution in [0.15, 0.2) is 11.8 Å². The van der Waals surface area contributed by atoms with Gasteiger partial charge in [-0.1, -0.05) is 37.7 Å². The van der Waals surface area contributed by atoms with Crippen LogP contribution in [0, 0.1) is 0 Å². The van der Waals surface area contributed by atoms with Crippen LogP contribution in [0.4, 0.5) is 0 Å². The Morgan fingerprint density at radius 2 is 1.89 bits per heavy atom. The number of hydrogen-bond donors (Lipinski definition) is 1. The summed E-state index contributed by atoms with van der Waals surface area (Å²) in [6.45, 7) is 4.62. The average Bonchev–Trinajstić information content (AvgIpc) is 1.91. The Hall–Kier alpha value is -0.0831. The van der Waals surface area contributed by atoms with Crippen LogP contribution in [0.3, 0.4) is 0 Å². The van der Waals surface area contributed by atoms with Crippen LogP contribution in [0.5, 0.6) is 0 Å². The largest absolute Gasteiger partial charge is 0.392 e. The zero-order valence-electron chi connectivity index (χ0n) is 6.22. The molecular weight excluding hydrogens is 128 g/mol. The van der Waals surface area contributed by atoms with Gasteiger partial charge in [0.15, 0.2) is 0 Å². The van der Waals surface area contributed by atoms with Crippen LogP contribution in [-0.2, 0) is 0 Å². The van der Waals surface area contributed by atoms with E-state index in [1.807, 2.05) is 6.08 Å². The summed E-state index contributed by atoms with van der Waals surface area (Å²) >= 11 is 0. The fourth-order valence-electron chi connectivity index (χ4n) is 0.705. The molecule has 0 bridgehead atoms. The summed E-state index contributed by atoms with van der Waals surface area (Å²) in [7, 11) is -0.226. The SMILES string of the molecule is CC[Si](/C=C/CO)CC. The van der Waals surface area contributed by atoms with Crippen molar-refractivity contribution < 1.29 is 5.11 Å². The summed E-state index contributed by atoms with van der Waals surface area (Å²) in [5.41, 5.74) is 2.19. The van der Waals surface area contributed by atoms with Gasteiger partial charge in [0.2, 0.25) is 0 Å². The number of hydrogen-bond acceptors (Lipinski definition) is 1. The van der Waals surface area contributed by atoms with Gasteiger partial charge in [-0.2, -0.15) is 0 Å². The van der Waals surface area contributed by atoms with E-state index in [-0.39, 0.29) is 15.4 Å². The first-order valence-electron chi connectivity index (χ1n) is 3.47. The maximum atomic E-state index is 8.44. The lowest BCUT2D eigenvalue weighted by molar-refractivity contribution is 0.343. The predicted molar refractivity (Wildman–Crippen MR) is 42.9 cm³/mol. The van der Waals surface area contributed by atoms with E-state index in [1.54, 1.807) is 0 Å². The molecule has 0 aliphatic rings. The van der Waals surface area contributed by atoms with Crippen LogP contribution >= 0.6 is 0 Å². The van der Waals surface area contributed by atoms with Gasteiger partial charge in [-0.25, -0.2) is 0 Å². The summed E-state index contributed by atoms with van der Waals surface area (Å²) in [4.78, 5) is 0. The summed E-state index contributed by atoms with van der Waals surface area (Å²) in [6, 6.07) is 2.55. The van der Waals surface area contributed by atoms with Crippen molar-refractivity contribution in [2.24, 2.45) is 0 Å². The number of aliphatic hydroxyl groups excluding tert-OH is 1. The molecule has 1 N–H and O–H groups in total. The molecule has 0 fully saturated rings. The Bertz CT molecular complexity index is 77.0. The van der Waals surface area contributed by atoms with Crippen LogP contribution < -0.4 is 0 Å². The summed E-state index contributed by atoms with van der Waals surface area (Å²) in [5, 5.41) is 8.44. The Morgan fingerprint density at radius 3 is 2.22 bits per heavy atom. The van der Waals surface area contributed by atoms with E-state index in [2.05, 4.69) is 19.5 Å². The zero-order valence-corrected chi connectivity index (χ0v) is 7.22. The van der Waals surface area contributed by atoms with E-state index in [9.17, 15) is 0 Å². The highest BCUT2D eigenvalue weighted by Gasteiger charge is 1.97. The molecule has 9 heavy (non-hydrogen) atoms. The highest BCUT2D eigenvalue weighted by atomic mass is 28.3. The van der Waals surface area contributed by atoms with Gasteiger partial charge in [0.05, 0.1) is 15.4 Å². The normalized spacial score (nSPS) is 11.6. The highest BCUT2D eigenvalue weighted by Crippen LogP contribution is 1.98. The van der Waals surface area contributed by atoms with E-state index in [1.165, 1.54) is 12.1 Å². The lowest BCUT2D eigenvalue weighted by Gasteiger charge is -2.00. The molecule has 0 atom stereocenters. The van der Waals surface area contributed by atoms with Gasteiger partial charge in [0.25, 0.3) is 0 Å². The zero-order chi connectivity index (χ0) is 7.11. The first-order valence-corrected chi connectivity index (χ1v) is 5.46. The van der Waals surface area contributed by atoms with Gasteiger partial charge in [0.1, 0.15) is 0 Å². The maximum absolute atomic E-state index is 8.44. The third-order valence-corrected chi connectivity index (χ3v) is 3.89. The fourth-order valence-corrected chi connectivity index (χ4v) is 2.12. The molecule has 0 aliphatic carbocycles. The van der Waals surface area contributed by atoms with Crippen molar-refractivity contribution in [3.8, 4) is 0 Å². The Morgan fingerprint density at radius 1 is 1.33 bits per heavy atom. The molecule has 0 aromatic heterocycles. The summed E-state index contributed by atoms with van der Waals surface area (Å²) in [6.07, 6.45) is 1.86. The molecule has 0 aliphatic heterocycles. The van der Waals surface area contributed by atoms with Crippen molar-refractivity contribution in [3.63, 3.8) is 0 Å². The molecule has 2 heteroatoms. The second kappa shape index (κ2) is 6.04. The predicted octanol–water partition coefficient (Wildman–Crippen LogP) is 1.61. The third kappa shape index (κ3) is 4.42. The van der Waals surface area contributed by atoms with Crippen molar-refractivity contribution >= 4 is 8.80 Å². The van der Waals surface area contributed by atoms with E-state index < -0.39 is 0 Å². The molecular formula is C7H15OSi. The standard InChI is InChI=1S/C7H15OSi/c1-3-9(4-2)7-5-6-8/h5,7-8H,3-4,6H2,1-2H3/b7-5+. The van der Waals surface area contributed by atoms with Gasteiger partial charge in [-0.3, -0.25) is 0 Å². The molecule has 1 radical (unpaired) electrons. The van der Waals surface area contributed by atoms with Crippen molar-refractivity contribution in [3.05, 3.63) is 11.8 Å². The molecule has 0 saturated carbocycles. The average molecular weight is 143 g/mol. The molecule has 0 saturated heterocycles. The lowest BCUT2D eigenvalue weighted by atomic mass is 10.7. The Kier molecular flexibility index (Phi) is 5.99. The molecule has 0 rings (SSSR count). The molecule has 0 unspecified atom stereocenters. The Labute approximate surface area is 59.0 Å². The first-order chi connectivity index (χ1) is 4.35. The molecule has 0 aromatic carbocycles. The van der Waals surface area contributed by atoms with Gasteiger partial charge in [0, 0.05) is 0 Å². The molecule has 0 aromatic rings. The van der Waals surface area contributed by atoms with Gasteiger partial charge >= 0.3 is 0 Å². The van der Waals surface area contributed by atoms with Crippen LogP contribution in [0.1, 0.15) is 13.8 Å². The smallest absolute Gasteiger partial charge is 0.0749 e. The van der Waals surface area contributed by atoms with Gasteiger partial charge < -0.3 is 5.11 Å². The molecule has 0 amide bonds. The highest BCUT2D eigenvalue weighted by molar-refractivity contribution is 6.64. The molecule has 0 spiro atoms. The van der Waals surface area contributed by atoms with Gasteiger partial charge in [-0.15, -0.1) is 0 Å². The van der Waals surface area contributed by atoms with Crippen LogP contribution in [0.25, 0.3) is 0 Å². The molecule has 0 heterocycles. The van der Waals surface area contributed by atoms with Crippen molar-refractivity contribution in [2.75, 3.05) is 6.61 Å². The van der Waals surface area contributed by atoms with Crippen molar-refractivity contribution in [1.82, 2.24) is 0 Å². The second-order valence-corrected chi connectivity index (χ2v) is 5.01. The lowest BCUT2D eigenvalue weighted by Crippen LogP contribution is -2.04. The number of aliphatic hydroxyl groups is 1. The van der Waals surface area contributed by atoms with Crippen molar-refractivity contribution in [2.45, 2.75) is 25.9 Å². The monoisotopic (exact) mass is 143 g/mol. The molecule has 1 nitrogen and oxygen atoms in total. The van der Waals surface area contributed by atoms with E-state index in [4.69, 9.17) is 5.11 Å². The van der Waals surface area contributed by atoms with Crippen LogP contribution in [0.2, 0.25) is 12.1 Å². The van der Waals surface area contributed by atoms with Crippen LogP contribution in [-0.4, -0.2) is 20.5 Å². The molecule has 53 valence electrons. The van der Waals surface area contributed by atoms with E-state index in [0.717, 1.165) is 0 Å². The fraction of sp³-hybridized carbons (Fsp3) is 0.714. The van der Waals surface area contributed by atoms with Crippen molar-refractivity contribution in [1.29, 1.82) is 0 Å². The van der Waals surface area contributed by atoms with Gasteiger partial charge in [-0.05, 0) is 0 Å². The summed E-state index contributed by atoms with van der Waals surface area (Å²) < 4.78 is 0. The minimum Gasteiger partial charge on any atom is -0.392 e. The van der Waals surface area contributed by atoms with E-state index >= 15 is 0 Å².